The van der Waals surface area contributed by atoms with Gasteiger partial charge in [0, 0.05) is 48.2 Å². The summed E-state index contributed by atoms with van der Waals surface area (Å²) in [6.07, 6.45) is 5.25. The highest BCUT2D eigenvalue weighted by Crippen LogP contribution is 2.39. The summed E-state index contributed by atoms with van der Waals surface area (Å²) < 4.78 is 8.70. The molecule has 3 aromatic heterocycles. The van der Waals surface area contributed by atoms with E-state index in [1.807, 2.05) is 17.4 Å². The van der Waals surface area contributed by atoms with E-state index in [0.717, 1.165) is 42.2 Å². The summed E-state index contributed by atoms with van der Waals surface area (Å²) in [5, 5.41) is 9.70. The molecule has 0 amide bonds. The molecular formula is C32H18N2OS. The fourth-order valence-corrected chi connectivity index (χ4v) is 6.71. The molecule has 0 fully saturated rings. The minimum atomic E-state index is 0.827. The number of benzene rings is 4. The third kappa shape index (κ3) is 2.73. The number of hydrogen-bond acceptors (Lipinski definition) is 4. The molecule has 1 aliphatic rings. The fraction of sp³-hybridized carbons (Fsp3) is 0. The van der Waals surface area contributed by atoms with Gasteiger partial charge in [0.05, 0.1) is 11.6 Å². The van der Waals surface area contributed by atoms with E-state index in [-0.39, 0.29) is 0 Å². The molecule has 36 heavy (non-hydrogen) atoms. The van der Waals surface area contributed by atoms with E-state index in [1.165, 1.54) is 31.3 Å². The monoisotopic (exact) mass is 478 g/mol. The van der Waals surface area contributed by atoms with E-state index < -0.39 is 0 Å². The second kappa shape index (κ2) is 7.48. The highest BCUT2D eigenvalue weighted by Gasteiger charge is 2.11. The lowest BCUT2D eigenvalue weighted by molar-refractivity contribution is 0.533. The molecule has 0 atom stereocenters. The van der Waals surface area contributed by atoms with E-state index in [1.54, 1.807) is 18.7 Å². The van der Waals surface area contributed by atoms with E-state index in [9.17, 15) is 0 Å². The van der Waals surface area contributed by atoms with Crippen molar-refractivity contribution in [2.45, 2.75) is 0 Å². The van der Waals surface area contributed by atoms with Crippen LogP contribution in [0.1, 0.15) is 0 Å². The normalized spacial score (nSPS) is 15.9. The van der Waals surface area contributed by atoms with Crippen LogP contribution in [0.25, 0.3) is 31.3 Å². The molecule has 4 aromatic carbocycles. The van der Waals surface area contributed by atoms with Crippen LogP contribution in [0.4, 0.5) is 0 Å². The lowest BCUT2D eigenvalue weighted by atomic mass is 9.99. The van der Waals surface area contributed by atoms with Crippen LogP contribution < -0.4 is 0 Å². The zero-order valence-corrected chi connectivity index (χ0v) is 19.9. The molecule has 0 saturated heterocycles. The minimum absolute atomic E-state index is 0.827. The molecule has 4 heteroatoms. The van der Waals surface area contributed by atoms with Gasteiger partial charge in [0.1, 0.15) is 10.8 Å². The van der Waals surface area contributed by atoms with Crippen LogP contribution in [0.2, 0.25) is 0 Å². The second-order valence-corrected chi connectivity index (χ2v) is 10.1. The molecule has 3 nitrogen and oxygen atoms in total. The highest BCUT2D eigenvalue weighted by atomic mass is 32.1. The van der Waals surface area contributed by atoms with Gasteiger partial charge >= 0.3 is 0 Å². The molecule has 0 spiro atoms. The van der Waals surface area contributed by atoms with Crippen molar-refractivity contribution in [3.63, 3.8) is 0 Å². The van der Waals surface area contributed by atoms with Gasteiger partial charge in [0.2, 0.25) is 0 Å². The first-order valence-electron chi connectivity index (χ1n) is 11.9. The molecule has 0 N–H and O–H groups in total. The Bertz CT molecular complexity index is 2390. The number of thiophene rings is 1. The number of aromatic nitrogens is 2. The highest BCUT2D eigenvalue weighted by molar-refractivity contribution is 7.26. The third-order valence-corrected chi connectivity index (χ3v) is 8.29. The lowest BCUT2D eigenvalue weighted by Crippen LogP contribution is -1.92. The number of furan rings is 1. The van der Waals surface area contributed by atoms with E-state index >= 15 is 0 Å². The van der Waals surface area contributed by atoms with Crippen LogP contribution in [0.15, 0.2) is 114 Å². The number of rotatable bonds is 1. The molecule has 0 aliphatic heterocycles. The molecule has 168 valence electrons. The van der Waals surface area contributed by atoms with Crippen molar-refractivity contribution in [3.8, 4) is 11.1 Å². The molecule has 3 heterocycles. The Labute approximate surface area is 208 Å². The summed E-state index contributed by atoms with van der Waals surface area (Å²) in [4.78, 5) is 9.46. The first-order valence-corrected chi connectivity index (χ1v) is 12.7. The van der Waals surface area contributed by atoms with Crippen molar-refractivity contribution in [3.05, 3.63) is 152 Å². The van der Waals surface area contributed by atoms with Crippen LogP contribution in [-0.2, 0) is 0 Å². The average molecular weight is 479 g/mol. The van der Waals surface area contributed by atoms with Gasteiger partial charge in [-0.25, -0.2) is 0 Å². The predicted octanol–water partition coefficient (Wildman–Crippen LogP) is 7.57. The Kier molecular flexibility index (Phi) is 4.10. The van der Waals surface area contributed by atoms with Gasteiger partial charge < -0.3 is 4.42 Å². The van der Waals surface area contributed by atoms with Gasteiger partial charge in [0.25, 0.3) is 0 Å². The molecule has 0 radical (unpaired) electrons. The number of nitrogens with zero attached hydrogens (tertiary/aromatic N) is 2. The van der Waals surface area contributed by atoms with Gasteiger partial charge in [-0.15, -0.1) is 11.3 Å². The second-order valence-electron chi connectivity index (χ2n) is 9.00. The van der Waals surface area contributed by atoms with Gasteiger partial charge in [0.15, 0.2) is 0 Å². The topological polar surface area (TPSA) is 38.9 Å². The molecular weight excluding hydrogens is 460 g/mol. The summed E-state index contributed by atoms with van der Waals surface area (Å²) in [6, 6.07) is 32.4. The van der Waals surface area contributed by atoms with Crippen LogP contribution in [-0.4, -0.2) is 9.97 Å². The van der Waals surface area contributed by atoms with E-state index in [2.05, 4.69) is 84.9 Å². The Hall–Kier alpha value is -4.54. The summed E-state index contributed by atoms with van der Waals surface area (Å²) >= 11 is 1.86. The van der Waals surface area contributed by atoms with Crippen molar-refractivity contribution in [1.29, 1.82) is 0 Å². The SMILES string of the molecule is c1ccc2/c(c1)=c1/cc(-c3cccc4c3sc3ccccc34)cc/c1=c1\occ\c1=c1/nccn/c1=2. The standard InChI is InChI=1S/C32H18N2OS/c1-2-8-23-21(6-1)27-18-19(20-9-5-10-25-22-7-3-4-11-28(22)36-32(20)25)12-13-24(27)31-26(14-17-35-31)30-29(23)33-15-16-34-30/h1-18H/b27-21-,29-23+,30-26+,31-24+. The first-order chi connectivity index (χ1) is 17.9. The molecule has 0 bridgehead atoms. The average Bonchev–Trinajstić information content (AvgIpc) is 3.57. The maximum absolute atomic E-state index is 6.08. The molecule has 1 aliphatic carbocycles. The maximum Gasteiger partial charge on any atom is 0.143 e. The predicted molar refractivity (Wildman–Crippen MR) is 143 cm³/mol. The van der Waals surface area contributed by atoms with E-state index in [4.69, 9.17) is 14.4 Å². The van der Waals surface area contributed by atoms with Gasteiger partial charge in [-0.1, -0.05) is 66.7 Å². The molecule has 7 aromatic rings. The van der Waals surface area contributed by atoms with Crippen molar-refractivity contribution in [2.24, 2.45) is 0 Å². The van der Waals surface area contributed by atoms with Gasteiger partial charge in [-0.3, -0.25) is 9.97 Å². The van der Waals surface area contributed by atoms with Crippen molar-refractivity contribution in [1.82, 2.24) is 9.97 Å². The Morgan fingerprint density at radius 1 is 0.583 bits per heavy atom. The summed E-state index contributed by atoms with van der Waals surface area (Å²) in [6.45, 7) is 0. The van der Waals surface area contributed by atoms with Gasteiger partial charge in [-0.05, 0) is 45.8 Å². The summed E-state index contributed by atoms with van der Waals surface area (Å²) in [5.41, 5.74) is 3.26. The molecule has 0 saturated carbocycles. The Morgan fingerprint density at radius 2 is 1.36 bits per heavy atom. The number of fused-ring (bicyclic) bond motifs is 7. The lowest BCUT2D eigenvalue weighted by Gasteiger charge is -2.05. The fourth-order valence-electron chi connectivity index (χ4n) is 5.47. The zero-order valence-electron chi connectivity index (χ0n) is 19.1. The number of hydrogen-bond donors (Lipinski definition) is 0. The quantitative estimate of drug-likeness (QED) is 0.244. The first kappa shape index (κ1) is 19.7. The van der Waals surface area contributed by atoms with Gasteiger partial charge in [-0.2, -0.15) is 0 Å². The summed E-state index contributed by atoms with van der Waals surface area (Å²) in [7, 11) is 0. The van der Waals surface area contributed by atoms with Crippen LogP contribution in [0.5, 0.6) is 0 Å². The van der Waals surface area contributed by atoms with Crippen molar-refractivity contribution >= 4 is 31.5 Å². The summed E-state index contributed by atoms with van der Waals surface area (Å²) in [5.74, 6) is 0. The molecule has 0 unspecified atom stereocenters. The minimum Gasteiger partial charge on any atom is -0.464 e. The third-order valence-electron chi connectivity index (χ3n) is 7.07. The van der Waals surface area contributed by atoms with Crippen LogP contribution in [0.3, 0.4) is 0 Å². The Balaban J connectivity index is 1.62. The maximum atomic E-state index is 6.08. The Morgan fingerprint density at radius 3 is 2.28 bits per heavy atom. The van der Waals surface area contributed by atoms with Crippen LogP contribution in [0, 0.1) is 42.2 Å². The van der Waals surface area contributed by atoms with E-state index in [0.29, 0.717) is 0 Å². The van der Waals surface area contributed by atoms with Crippen molar-refractivity contribution in [2.75, 3.05) is 0 Å². The largest absolute Gasteiger partial charge is 0.464 e. The zero-order chi connectivity index (χ0) is 23.6. The van der Waals surface area contributed by atoms with Crippen molar-refractivity contribution < 1.29 is 4.42 Å². The van der Waals surface area contributed by atoms with Crippen LogP contribution >= 0.6 is 11.3 Å². The molecule has 8 rings (SSSR count). The smallest absolute Gasteiger partial charge is 0.143 e.